The summed E-state index contributed by atoms with van der Waals surface area (Å²) in [6, 6.07) is 14.8. The molecule has 0 bridgehead atoms. The second kappa shape index (κ2) is 10.3. The molecule has 2 aromatic carbocycles. The van der Waals surface area contributed by atoms with Crippen LogP contribution in [0.1, 0.15) is 43.9 Å². The van der Waals surface area contributed by atoms with Crippen molar-refractivity contribution in [3.63, 3.8) is 0 Å². The summed E-state index contributed by atoms with van der Waals surface area (Å²) in [5.41, 5.74) is 2.92. The van der Waals surface area contributed by atoms with E-state index in [1.54, 1.807) is 11.0 Å². The number of amides is 2. The summed E-state index contributed by atoms with van der Waals surface area (Å²) in [5.74, 6) is -0.239. The molecular weight excluding hydrogens is 372 g/mol. The highest BCUT2D eigenvalue weighted by atomic mass is 35.5. The van der Waals surface area contributed by atoms with Crippen molar-refractivity contribution in [2.75, 3.05) is 0 Å². The van der Waals surface area contributed by atoms with Crippen LogP contribution in [0.15, 0.2) is 48.5 Å². The van der Waals surface area contributed by atoms with E-state index in [1.165, 1.54) is 0 Å². The van der Waals surface area contributed by atoms with Gasteiger partial charge in [0.2, 0.25) is 11.8 Å². The molecule has 2 amide bonds. The topological polar surface area (TPSA) is 49.4 Å². The number of benzene rings is 2. The zero-order valence-electron chi connectivity index (χ0n) is 17.0. The average molecular weight is 401 g/mol. The molecule has 0 fully saturated rings. The highest BCUT2D eigenvalue weighted by Gasteiger charge is 2.29. The summed E-state index contributed by atoms with van der Waals surface area (Å²) in [6.45, 7) is 8.17. The zero-order chi connectivity index (χ0) is 20.7. The van der Waals surface area contributed by atoms with Crippen LogP contribution in [-0.4, -0.2) is 28.8 Å². The molecule has 4 nitrogen and oxygen atoms in total. The highest BCUT2D eigenvalue weighted by molar-refractivity contribution is 6.31. The molecule has 0 aliphatic rings. The maximum absolute atomic E-state index is 13.2. The van der Waals surface area contributed by atoms with Crippen LogP contribution in [0, 0.1) is 6.92 Å². The standard InChI is InChI=1S/C23H29ClN2O2/c1-5-21(23(28)25-16(2)3)26(15-18-12-10-17(4)11-13-18)22(27)14-19-8-6-7-9-20(19)24/h6-13,16,21H,5,14-15H2,1-4H3,(H,25,28)/t21-/m0/s1. The smallest absolute Gasteiger partial charge is 0.243 e. The van der Waals surface area contributed by atoms with Crippen LogP contribution < -0.4 is 5.32 Å². The molecule has 0 saturated carbocycles. The number of carbonyl (C=O) groups excluding carboxylic acids is 2. The van der Waals surface area contributed by atoms with Gasteiger partial charge in [0.25, 0.3) is 0 Å². The normalized spacial score (nSPS) is 11.9. The van der Waals surface area contributed by atoms with Gasteiger partial charge in [0, 0.05) is 17.6 Å². The molecular formula is C23H29ClN2O2. The lowest BCUT2D eigenvalue weighted by molar-refractivity contribution is -0.141. The fourth-order valence-corrected chi connectivity index (χ4v) is 3.30. The summed E-state index contributed by atoms with van der Waals surface area (Å²) in [6.07, 6.45) is 0.704. The largest absolute Gasteiger partial charge is 0.352 e. The first-order valence-corrected chi connectivity index (χ1v) is 10.1. The van der Waals surface area contributed by atoms with Crippen LogP contribution in [0.2, 0.25) is 5.02 Å². The quantitative estimate of drug-likeness (QED) is 0.708. The number of hydrogen-bond donors (Lipinski definition) is 1. The third-order valence-electron chi connectivity index (χ3n) is 4.59. The molecule has 150 valence electrons. The molecule has 0 aliphatic heterocycles. The van der Waals surface area contributed by atoms with Gasteiger partial charge in [-0.25, -0.2) is 0 Å². The minimum Gasteiger partial charge on any atom is -0.352 e. The van der Waals surface area contributed by atoms with E-state index in [4.69, 9.17) is 11.6 Å². The van der Waals surface area contributed by atoms with Gasteiger partial charge in [-0.05, 0) is 44.4 Å². The van der Waals surface area contributed by atoms with E-state index in [0.717, 1.165) is 16.7 Å². The third kappa shape index (κ3) is 6.10. The Morgan fingerprint density at radius 2 is 1.71 bits per heavy atom. The Kier molecular flexibility index (Phi) is 8.06. The molecule has 0 aliphatic carbocycles. The van der Waals surface area contributed by atoms with Gasteiger partial charge >= 0.3 is 0 Å². The predicted molar refractivity (Wildman–Crippen MR) is 114 cm³/mol. The Labute approximate surface area is 172 Å². The minimum absolute atomic E-state index is 0.0152. The van der Waals surface area contributed by atoms with Crippen molar-refractivity contribution in [2.45, 2.75) is 59.2 Å². The van der Waals surface area contributed by atoms with Gasteiger partial charge in [0.15, 0.2) is 0 Å². The lowest BCUT2D eigenvalue weighted by Gasteiger charge is -2.31. The molecule has 5 heteroatoms. The summed E-state index contributed by atoms with van der Waals surface area (Å²) >= 11 is 6.25. The van der Waals surface area contributed by atoms with Crippen LogP contribution in [0.25, 0.3) is 0 Å². The molecule has 0 heterocycles. The Bertz CT molecular complexity index is 803. The van der Waals surface area contributed by atoms with Gasteiger partial charge in [-0.1, -0.05) is 66.6 Å². The Hall–Kier alpha value is -2.33. The first kappa shape index (κ1) is 22.0. The minimum atomic E-state index is -0.529. The summed E-state index contributed by atoms with van der Waals surface area (Å²) in [5, 5.41) is 3.50. The van der Waals surface area contributed by atoms with Crippen LogP contribution >= 0.6 is 11.6 Å². The van der Waals surface area contributed by atoms with Crippen LogP contribution in [-0.2, 0) is 22.6 Å². The number of rotatable bonds is 8. The summed E-state index contributed by atoms with van der Waals surface area (Å²) in [7, 11) is 0. The number of nitrogens with one attached hydrogen (secondary N) is 1. The van der Waals surface area contributed by atoms with E-state index in [9.17, 15) is 9.59 Å². The molecule has 0 radical (unpaired) electrons. The van der Waals surface area contributed by atoms with Gasteiger partial charge in [0.05, 0.1) is 6.42 Å². The molecule has 0 unspecified atom stereocenters. The number of halogens is 1. The molecule has 1 atom stereocenters. The van der Waals surface area contributed by atoms with Gasteiger partial charge in [-0.2, -0.15) is 0 Å². The molecule has 0 saturated heterocycles. The Morgan fingerprint density at radius 1 is 1.07 bits per heavy atom. The highest BCUT2D eigenvalue weighted by Crippen LogP contribution is 2.19. The van der Waals surface area contributed by atoms with Crippen molar-refractivity contribution >= 4 is 23.4 Å². The SMILES string of the molecule is CC[C@@H](C(=O)NC(C)C)N(Cc1ccc(C)cc1)C(=O)Cc1ccccc1Cl. The summed E-state index contributed by atoms with van der Waals surface area (Å²) < 4.78 is 0. The first-order valence-electron chi connectivity index (χ1n) is 9.70. The van der Waals surface area contributed by atoms with E-state index in [1.807, 2.05) is 70.2 Å². The van der Waals surface area contributed by atoms with Gasteiger partial charge < -0.3 is 10.2 Å². The van der Waals surface area contributed by atoms with Crippen molar-refractivity contribution in [1.82, 2.24) is 10.2 Å². The number of nitrogens with zero attached hydrogens (tertiary/aromatic N) is 1. The molecule has 0 spiro atoms. The maximum atomic E-state index is 13.2. The molecule has 0 aromatic heterocycles. The average Bonchev–Trinajstić information content (AvgIpc) is 2.64. The Balaban J connectivity index is 2.30. The zero-order valence-corrected chi connectivity index (χ0v) is 17.8. The lowest BCUT2D eigenvalue weighted by atomic mass is 10.1. The maximum Gasteiger partial charge on any atom is 0.243 e. The van der Waals surface area contributed by atoms with Crippen LogP contribution in [0.3, 0.4) is 0 Å². The van der Waals surface area contributed by atoms with Crippen LogP contribution in [0.4, 0.5) is 0 Å². The van der Waals surface area contributed by atoms with E-state index < -0.39 is 6.04 Å². The molecule has 2 rings (SSSR count). The lowest BCUT2D eigenvalue weighted by Crippen LogP contribution is -2.50. The second-order valence-corrected chi connectivity index (χ2v) is 7.77. The number of carbonyl (C=O) groups is 2. The Morgan fingerprint density at radius 3 is 2.29 bits per heavy atom. The fourth-order valence-electron chi connectivity index (χ4n) is 3.10. The van der Waals surface area contributed by atoms with Crippen molar-refractivity contribution in [1.29, 1.82) is 0 Å². The first-order chi connectivity index (χ1) is 13.3. The van der Waals surface area contributed by atoms with E-state index in [-0.39, 0.29) is 24.3 Å². The number of aryl methyl sites for hydroxylation is 1. The van der Waals surface area contributed by atoms with Gasteiger partial charge in [-0.15, -0.1) is 0 Å². The van der Waals surface area contributed by atoms with Gasteiger partial charge in [0.1, 0.15) is 6.04 Å². The van der Waals surface area contributed by atoms with Gasteiger partial charge in [-0.3, -0.25) is 9.59 Å². The van der Waals surface area contributed by atoms with Crippen LogP contribution in [0.5, 0.6) is 0 Å². The summed E-state index contributed by atoms with van der Waals surface area (Å²) in [4.78, 5) is 27.6. The van der Waals surface area contributed by atoms with Crippen molar-refractivity contribution < 1.29 is 9.59 Å². The van der Waals surface area contributed by atoms with E-state index >= 15 is 0 Å². The molecule has 1 N–H and O–H groups in total. The van der Waals surface area contributed by atoms with Crippen molar-refractivity contribution in [3.8, 4) is 0 Å². The van der Waals surface area contributed by atoms with Crippen molar-refractivity contribution in [3.05, 3.63) is 70.2 Å². The second-order valence-electron chi connectivity index (χ2n) is 7.36. The predicted octanol–water partition coefficient (Wildman–Crippen LogP) is 4.52. The number of hydrogen-bond acceptors (Lipinski definition) is 2. The van der Waals surface area contributed by atoms with E-state index in [0.29, 0.717) is 18.0 Å². The molecule has 28 heavy (non-hydrogen) atoms. The third-order valence-corrected chi connectivity index (χ3v) is 4.96. The fraction of sp³-hybridized carbons (Fsp3) is 0.391. The monoisotopic (exact) mass is 400 g/mol. The van der Waals surface area contributed by atoms with Crippen molar-refractivity contribution in [2.24, 2.45) is 0 Å². The van der Waals surface area contributed by atoms with E-state index in [2.05, 4.69) is 5.32 Å². The molecule has 2 aromatic rings.